The molecule has 0 fully saturated rings. The molecule has 0 N–H and O–H groups in total. The molecule has 0 unspecified atom stereocenters. The van der Waals surface area contributed by atoms with Gasteiger partial charge in [-0.3, -0.25) is 0 Å². The van der Waals surface area contributed by atoms with Crippen LogP contribution in [-0.4, -0.2) is 9.97 Å². The average Bonchev–Trinajstić information content (AvgIpc) is 3.66. The zero-order chi connectivity index (χ0) is 29.0. The minimum atomic E-state index is 0.661. The van der Waals surface area contributed by atoms with Crippen LogP contribution in [0, 0.1) is 0 Å². The first-order valence-corrected chi connectivity index (χ1v) is 14.7. The Labute approximate surface area is 252 Å². The maximum Gasteiger partial charge on any atom is 0.160 e. The molecule has 0 radical (unpaired) electrons. The molecule has 0 atom stereocenters. The lowest BCUT2D eigenvalue weighted by molar-refractivity contribution is 0.669. The number of para-hydroxylation sites is 1. The van der Waals surface area contributed by atoms with Crippen LogP contribution in [0.5, 0.6) is 0 Å². The van der Waals surface area contributed by atoms with Crippen molar-refractivity contribution in [2.45, 2.75) is 0 Å². The summed E-state index contributed by atoms with van der Waals surface area (Å²) in [7, 11) is 0. The molecule has 44 heavy (non-hydrogen) atoms. The van der Waals surface area contributed by atoms with Crippen LogP contribution in [0.15, 0.2) is 154 Å². The number of nitrogens with zero attached hydrogens (tertiary/aromatic N) is 2. The number of hydrogen-bond donors (Lipinski definition) is 0. The molecule has 206 valence electrons. The Morgan fingerprint density at radius 2 is 0.818 bits per heavy atom. The molecule has 0 amide bonds. The van der Waals surface area contributed by atoms with E-state index in [1.807, 2.05) is 60.7 Å². The Hall–Kier alpha value is -6.00. The monoisotopic (exact) mass is 564 g/mol. The molecule has 3 aromatic heterocycles. The SMILES string of the molecule is c1ccc(-c2cc(-c3ccccc3)nc(-c3ccc4c(c3)oc3cc(-c5ccc6oc7ccccc7c6c5)ccc34)n2)cc1. The van der Waals surface area contributed by atoms with Gasteiger partial charge in [-0.05, 0) is 59.7 Å². The lowest BCUT2D eigenvalue weighted by atomic mass is 10.0. The predicted molar refractivity (Wildman–Crippen MR) is 178 cm³/mol. The largest absolute Gasteiger partial charge is 0.456 e. The minimum Gasteiger partial charge on any atom is -0.456 e. The number of aromatic nitrogens is 2. The van der Waals surface area contributed by atoms with Crippen LogP contribution in [0.1, 0.15) is 0 Å². The normalized spacial score (nSPS) is 11.6. The van der Waals surface area contributed by atoms with Gasteiger partial charge in [-0.1, -0.05) is 97.1 Å². The molecule has 0 aliphatic rings. The van der Waals surface area contributed by atoms with Gasteiger partial charge in [-0.2, -0.15) is 0 Å². The number of benzene rings is 6. The highest BCUT2D eigenvalue weighted by Crippen LogP contribution is 2.37. The molecular formula is C40H24N2O2. The Bertz CT molecular complexity index is 2430. The van der Waals surface area contributed by atoms with Crippen molar-refractivity contribution in [3.05, 3.63) is 146 Å². The smallest absolute Gasteiger partial charge is 0.160 e. The van der Waals surface area contributed by atoms with E-state index >= 15 is 0 Å². The lowest BCUT2D eigenvalue weighted by Gasteiger charge is -2.09. The second-order valence-electron chi connectivity index (χ2n) is 11.0. The zero-order valence-electron chi connectivity index (χ0n) is 23.6. The summed E-state index contributed by atoms with van der Waals surface area (Å²) in [6.07, 6.45) is 0. The Balaban J connectivity index is 1.15. The van der Waals surface area contributed by atoms with E-state index in [4.69, 9.17) is 18.8 Å². The summed E-state index contributed by atoms with van der Waals surface area (Å²) >= 11 is 0. The highest BCUT2D eigenvalue weighted by atomic mass is 16.3. The molecule has 6 aromatic carbocycles. The van der Waals surface area contributed by atoms with Crippen molar-refractivity contribution in [3.8, 4) is 45.0 Å². The van der Waals surface area contributed by atoms with Crippen LogP contribution in [0.2, 0.25) is 0 Å². The number of hydrogen-bond acceptors (Lipinski definition) is 4. The van der Waals surface area contributed by atoms with E-state index in [1.165, 1.54) is 0 Å². The summed E-state index contributed by atoms with van der Waals surface area (Å²) in [6, 6.07) is 49.7. The van der Waals surface area contributed by atoms with Gasteiger partial charge >= 0.3 is 0 Å². The average molecular weight is 565 g/mol. The lowest BCUT2D eigenvalue weighted by Crippen LogP contribution is -1.95. The fourth-order valence-electron chi connectivity index (χ4n) is 6.09. The molecule has 0 saturated heterocycles. The number of fused-ring (bicyclic) bond motifs is 6. The van der Waals surface area contributed by atoms with Crippen molar-refractivity contribution in [2.75, 3.05) is 0 Å². The van der Waals surface area contributed by atoms with E-state index < -0.39 is 0 Å². The van der Waals surface area contributed by atoms with Crippen LogP contribution in [0.25, 0.3) is 88.9 Å². The Morgan fingerprint density at radius 1 is 0.318 bits per heavy atom. The minimum absolute atomic E-state index is 0.661. The fraction of sp³-hybridized carbons (Fsp3) is 0. The van der Waals surface area contributed by atoms with Gasteiger partial charge in [0, 0.05) is 38.2 Å². The summed E-state index contributed by atoms with van der Waals surface area (Å²) in [5.74, 6) is 0.661. The first-order valence-electron chi connectivity index (χ1n) is 14.7. The third kappa shape index (κ3) is 4.08. The van der Waals surface area contributed by atoms with E-state index in [0.717, 1.165) is 83.1 Å². The maximum absolute atomic E-state index is 6.48. The van der Waals surface area contributed by atoms with Gasteiger partial charge in [0.05, 0.1) is 11.4 Å². The van der Waals surface area contributed by atoms with Crippen LogP contribution in [0.3, 0.4) is 0 Å². The molecule has 4 nitrogen and oxygen atoms in total. The molecule has 9 aromatic rings. The van der Waals surface area contributed by atoms with Gasteiger partial charge in [0.15, 0.2) is 5.82 Å². The molecular weight excluding hydrogens is 540 g/mol. The van der Waals surface area contributed by atoms with E-state index in [9.17, 15) is 0 Å². The number of rotatable bonds is 4. The van der Waals surface area contributed by atoms with Gasteiger partial charge in [0.25, 0.3) is 0 Å². The fourth-order valence-corrected chi connectivity index (χ4v) is 6.09. The summed E-state index contributed by atoms with van der Waals surface area (Å²) in [5.41, 5.74) is 10.4. The van der Waals surface area contributed by atoms with Crippen molar-refractivity contribution in [1.29, 1.82) is 0 Å². The van der Waals surface area contributed by atoms with Gasteiger partial charge in [0.2, 0.25) is 0 Å². The third-order valence-corrected chi connectivity index (χ3v) is 8.31. The second kappa shape index (κ2) is 9.79. The van der Waals surface area contributed by atoms with Gasteiger partial charge in [-0.25, -0.2) is 9.97 Å². The van der Waals surface area contributed by atoms with Crippen LogP contribution < -0.4 is 0 Å². The van der Waals surface area contributed by atoms with E-state index in [1.54, 1.807) is 0 Å². The molecule has 0 aliphatic heterocycles. The third-order valence-electron chi connectivity index (χ3n) is 8.31. The van der Waals surface area contributed by atoms with Crippen molar-refractivity contribution in [2.24, 2.45) is 0 Å². The molecule has 0 aliphatic carbocycles. The van der Waals surface area contributed by atoms with Crippen molar-refractivity contribution >= 4 is 43.9 Å². The molecule has 0 saturated carbocycles. The summed E-state index contributed by atoms with van der Waals surface area (Å²) in [6.45, 7) is 0. The molecule has 3 heterocycles. The number of furan rings is 2. The van der Waals surface area contributed by atoms with Crippen molar-refractivity contribution in [1.82, 2.24) is 9.97 Å². The van der Waals surface area contributed by atoms with Gasteiger partial charge in [-0.15, -0.1) is 0 Å². The van der Waals surface area contributed by atoms with E-state index in [0.29, 0.717) is 5.82 Å². The van der Waals surface area contributed by atoms with Crippen molar-refractivity contribution in [3.63, 3.8) is 0 Å². The summed E-state index contributed by atoms with van der Waals surface area (Å²) < 4.78 is 12.5. The molecule has 0 bridgehead atoms. The highest BCUT2D eigenvalue weighted by molar-refractivity contribution is 6.08. The molecule has 0 spiro atoms. The van der Waals surface area contributed by atoms with Gasteiger partial charge < -0.3 is 8.83 Å². The van der Waals surface area contributed by atoms with Gasteiger partial charge in [0.1, 0.15) is 22.3 Å². The van der Waals surface area contributed by atoms with Crippen molar-refractivity contribution < 1.29 is 8.83 Å². The topological polar surface area (TPSA) is 52.1 Å². The van der Waals surface area contributed by atoms with Crippen LogP contribution in [-0.2, 0) is 0 Å². The Morgan fingerprint density at radius 3 is 1.52 bits per heavy atom. The molecule has 4 heteroatoms. The van der Waals surface area contributed by atoms with Crippen LogP contribution >= 0.6 is 0 Å². The first kappa shape index (κ1) is 24.6. The Kier molecular flexibility index (Phi) is 5.47. The zero-order valence-corrected chi connectivity index (χ0v) is 23.6. The van der Waals surface area contributed by atoms with E-state index in [2.05, 4.69) is 84.9 Å². The second-order valence-corrected chi connectivity index (χ2v) is 11.0. The predicted octanol–water partition coefficient (Wildman–Crippen LogP) is 10.9. The quantitative estimate of drug-likeness (QED) is 0.213. The maximum atomic E-state index is 6.48. The first-order chi connectivity index (χ1) is 21.8. The molecule has 9 rings (SSSR count). The van der Waals surface area contributed by atoms with Crippen LogP contribution in [0.4, 0.5) is 0 Å². The summed E-state index contributed by atoms with van der Waals surface area (Å²) in [4.78, 5) is 9.99. The van der Waals surface area contributed by atoms with E-state index in [-0.39, 0.29) is 0 Å². The highest BCUT2D eigenvalue weighted by Gasteiger charge is 2.15. The summed E-state index contributed by atoms with van der Waals surface area (Å²) in [5, 5.41) is 4.37. The standard InChI is InChI=1S/C40H24N2O2/c1-3-9-25(10-4-1)34-24-35(26-11-5-2-6-12-26)42-40(41-34)29-16-19-32-31-18-15-28(22-38(31)44-39(32)23-29)27-17-20-37-33(21-27)30-13-7-8-14-36(30)43-37/h1-24H.